The summed E-state index contributed by atoms with van der Waals surface area (Å²) in [7, 11) is 0. The Balaban J connectivity index is 0.000000176. The highest BCUT2D eigenvalue weighted by Crippen LogP contribution is 2.50. The van der Waals surface area contributed by atoms with E-state index < -0.39 is 12.7 Å². The molecule has 0 amide bonds. The third kappa shape index (κ3) is 7.67. The Morgan fingerprint density at radius 2 is 1.28 bits per heavy atom. The molecule has 2 aliphatic carbocycles. The fourth-order valence-corrected chi connectivity index (χ4v) is 5.76. The first-order valence-electron chi connectivity index (χ1n) is 11.6. The number of alkyl halides is 3. The van der Waals surface area contributed by atoms with E-state index in [1.807, 2.05) is 0 Å². The lowest BCUT2D eigenvalue weighted by Crippen LogP contribution is -2.40. The number of nitrogens with zero attached hydrogens (tertiary/aromatic N) is 1. The third-order valence-corrected chi connectivity index (χ3v) is 7.58. The molecule has 2 heterocycles. The molecule has 0 spiro atoms. The molecule has 0 radical (unpaired) electrons. The van der Waals surface area contributed by atoms with Gasteiger partial charge < -0.3 is 15.5 Å². The van der Waals surface area contributed by atoms with Crippen LogP contribution < -0.4 is 5.32 Å². The van der Waals surface area contributed by atoms with Gasteiger partial charge in [0.2, 0.25) is 0 Å². The monoisotopic (exact) mass is 420 g/mol. The van der Waals surface area contributed by atoms with Crippen molar-refractivity contribution in [2.24, 2.45) is 35.5 Å². The molecule has 0 aromatic carbocycles. The predicted octanol–water partition coefficient (Wildman–Crippen LogP) is 3.28. The molecule has 7 heteroatoms. The number of likely N-dealkylation sites (tertiary alicyclic amines) is 1. The molecular formula is C22H39F3N2O2. The summed E-state index contributed by atoms with van der Waals surface area (Å²) in [6.07, 6.45) is 4.94. The minimum Gasteiger partial charge on any atom is -0.396 e. The van der Waals surface area contributed by atoms with Crippen molar-refractivity contribution in [1.29, 1.82) is 0 Å². The van der Waals surface area contributed by atoms with Crippen molar-refractivity contribution >= 4 is 0 Å². The van der Waals surface area contributed by atoms with E-state index in [0.717, 1.165) is 43.4 Å². The first kappa shape index (κ1) is 23.3. The maximum atomic E-state index is 12.2. The number of piperidine rings is 2. The Hall–Kier alpha value is -0.370. The summed E-state index contributed by atoms with van der Waals surface area (Å²) in [6, 6.07) is 0. The minimum atomic E-state index is -4.06. The van der Waals surface area contributed by atoms with E-state index in [-0.39, 0.29) is 6.61 Å². The quantitative estimate of drug-likeness (QED) is 0.592. The number of hydrogen-bond acceptors (Lipinski definition) is 4. The number of rotatable bonds is 7. The van der Waals surface area contributed by atoms with Gasteiger partial charge in [0.05, 0.1) is 6.54 Å². The smallest absolute Gasteiger partial charge is 0.396 e. The number of nitrogens with one attached hydrogen (secondary N) is 1. The number of hydrogen-bond donors (Lipinski definition) is 3. The van der Waals surface area contributed by atoms with Gasteiger partial charge in [0.25, 0.3) is 0 Å². The van der Waals surface area contributed by atoms with E-state index in [4.69, 9.17) is 10.2 Å². The molecule has 4 fully saturated rings. The van der Waals surface area contributed by atoms with Crippen LogP contribution in [0.25, 0.3) is 0 Å². The Kier molecular flexibility index (Phi) is 8.66. The third-order valence-electron chi connectivity index (χ3n) is 7.58. The summed E-state index contributed by atoms with van der Waals surface area (Å²) in [5, 5.41) is 21.0. The first-order valence-corrected chi connectivity index (χ1v) is 11.6. The highest BCUT2D eigenvalue weighted by atomic mass is 19.4. The highest BCUT2D eigenvalue weighted by Gasteiger charge is 2.44. The highest BCUT2D eigenvalue weighted by molar-refractivity contribution is 4.93. The van der Waals surface area contributed by atoms with Gasteiger partial charge >= 0.3 is 6.18 Å². The van der Waals surface area contributed by atoms with Crippen molar-refractivity contribution in [3.05, 3.63) is 0 Å². The van der Waals surface area contributed by atoms with Crippen LogP contribution >= 0.6 is 0 Å². The molecule has 4 rings (SSSR count). The molecule has 0 aromatic heterocycles. The van der Waals surface area contributed by atoms with Crippen LogP contribution in [-0.4, -0.2) is 67.2 Å². The van der Waals surface area contributed by atoms with Gasteiger partial charge in [-0.25, -0.2) is 0 Å². The molecule has 2 saturated heterocycles. The lowest BCUT2D eigenvalue weighted by Gasteiger charge is -2.32. The molecular weight excluding hydrogens is 381 g/mol. The second-order valence-electron chi connectivity index (χ2n) is 9.66. The van der Waals surface area contributed by atoms with E-state index in [1.165, 1.54) is 43.7 Å². The van der Waals surface area contributed by atoms with E-state index in [0.29, 0.717) is 37.5 Å². The predicted molar refractivity (Wildman–Crippen MR) is 107 cm³/mol. The van der Waals surface area contributed by atoms with Gasteiger partial charge in [0.1, 0.15) is 0 Å². The van der Waals surface area contributed by atoms with Crippen LogP contribution in [0.1, 0.15) is 51.4 Å². The second kappa shape index (κ2) is 10.8. The summed E-state index contributed by atoms with van der Waals surface area (Å²) in [5.74, 6) is 4.73. The lowest BCUT2D eigenvalue weighted by molar-refractivity contribution is -0.148. The van der Waals surface area contributed by atoms with Gasteiger partial charge in [0.15, 0.2) is 0 Å². The molecule has 3 N–H and O–H groups in total. The second-order valence-corrected chi connectivity index (χ2v) is 9.66. The zero-order valence-electron chi connectivity index (χ0n) is 17.5. The van der Waals surface area contributed by atoms with Crippen molar-refractivity contribution in [3.63, 3.8) is 0 Å². The zero-order chi connectivity index (χ0) is 20.9. The molecule has 2 saturated carbocycles. The largest absolute Gasteiger partial charge is 0.401 e. The molecule has 4 atom stereocenters. The summed E-state index contributed by atoms with van der Waals surface area (Å²) >= 11 is 0. The van der Waals surface area contributed by atoms with Crippen LogP contribution in [0, 0.1) is 35.5 Å². The normalized spacial score (nSPS) is 33.8. The van der Waals surface area contributed by atoms with Crippen molar-refractivity contribution in [3.8, 4) is 0 Å². The minimum absolute atomic E-state index is 0.244. The van der Waals surface area contributed by atoms with E-state index in [9.17, 15) is 13.2 Å². The number of halogens is 3. The number of aliphatic hydroxyl groups is 2. The van der Waals surface area contributed by atoms with Gasteiger partial charge in [-0.2, -0.15) is 13.2 Å². The summed E-state index contributed by atoms with van der Waals surface area (Å²) < 4.78 is 36.6. The maximum absolute atomic E-state index is 12.2. The molecule has 0 unspecified atom stereocenters. The van der Waals surface area contributed by atoms with Crippen LogP contribution in [0.2, 0.25) is 0 Å². The fraction of sp³-hybridized carbons (Fsp3) is 1.00. The van der Waals surface area contributed by atoms with E-state index in [1.54, 1.807) is 0 Å². The maximum Gasteiger partial charge on any atom is 0.401 e. The molecule has 29 heavy (non-hydrogen) atoms. The van der Waals surface area contributed by atoms with E-state index in [2.05, 4.69) is 5.32 Å². The summed E-state index contributed by atoms with van der Waals surface area (Å²) in [4.78, 5) is 1.51. The SMILES string of the molecule is OCC[C@@H]1C[C@@H]1C1CCN(CC(F)(F)F)CC1.OCC[C@@H]1C[C@@H]1C1CCNCC1. The van der Waals surface area contributed by atoms with Crippen LogP contribution in [0.3, 0.4) is 0 Å². The van der Waals surface area contributed by atoms with Gasteiger partial charge in [-0.05, 0) is 113 Å². The summed E-state index contributed by atoms with van der Waals surface area (Å²) in [5.41, 5.74) is 0. The van der Waals surface area contributed by atoms with Crippen molar-refractivity contribution < 1.29 is 23.4 Å². The Morgan fingerprint density at radius 1 is 0.793 bits per heavy atom. The zero-order valence-corrected chi connectivity index (χ0v) is 17.5. The molecule has 4 nitrogen and oxygen atoms in total. The summed E-state index contributed by atoms with van der Waals surface area (Å²) in [6.45, 7) is 3.46. The van der Waals surface area contributed by atoms with Crippen LogP contribution in [-0.2, 0) is 0 Å². The Labute approximate surface area is 173 Å². The lowest BCUT2D eigenvalue weighted by atomic mass is 9.90. The van der Waals surface area contributed by atoms with Crippen LogP contribution in [0.4, 0.5) is 13.2 Å². The van der Waals surface area contributed by atoms with Crippen LogP contribution in [0.5, 0.6) is 0 Å². The fourth-order valence-electron chi connectivity index (χ4n) is 5.76. The topological polar surface area (TPSA) is 55.7 Å². The molecule has 170 valence electrons. The van der Waals surface area contributed by atoms with Gasteiger partial charge in [0, 0.05) is 13.2 Å². The Morgan fingerprint density at radius 3 is 1.72 bits per heavy atom. The van der Waals surface area contributed by atoms with Gasteiger partial charge in [-0.1, -0.05) is 0 Å². The van der Waals surface area contributed by atoms with Crippen molar-refractivity contribution in [2.75, 3.05) is 45.9 Å². The number of aliphatic hydroxyl groups excluding tert-OH is 2. The van der Waals surface area contributed by atoms with Crippen molar-refractivity contribution in [2.45, 2.75) is 57.5 Å². The first-order chi connectivity index (χ1) is 13.9. The van der Waals surface area contributed by atoms with Gasteiger partial charge in [-0.15, -0.1) is 0 Å². The molecule has 4 aliphatic rings. The standard InChI is InChI=1S/C12H20F3NO.C10H19NO/c13-12(14,15)8-16-4-1-9(2-5-16)11-7-10(11)3-6-17;12-6-3-9-7-10(9)8-1-4-11-5-2-8/h9-11,17H,1-8H2;8-12H,1-7H2/t10-,11-;9-,10-/m11/s1. The van der Waals surface area contributed by atoms with Gasteiger partial charge in [-0.3, -0.25) is 4.90 Å². The van der Waals surface area contributed by atoms with E-state index >= 15 is 0 Å². The van der Waals surface area contributed by atoms with Crippen molar-refractivity contribution in [1.82, 2.24) is 10.2 Å². The molecule has 0 bridgehead atoms. The Bertz CT molecular complexity index is 477. The average molecular weight is 421 g/mol. The molecule has 2 aliphatic heterocycles. The average Bonchev–Trinajstić information content (AvgIpc) is 3.60. The van der Waals surface area contributed by atoms with Crippen LogP contribution in [0.15, 0.2) is 0 Å². The molecule has 0 aromatic rings.